The van der Waals surface area contributed by atoms with E-state index >= 15 is 0 Å². The maximum Gasteiger partial charge on any atom is -0.00161 e. The molecule has 1 fully saturated rings. The van der Waals surface area contributed by atoms with Crippen LogP contribution in [0.5, 0.6) is 0 Å². The molecule has 106 valence electrons. The first-order valence-electron chi connectivity index (χ1n) is 7.85. The Kier molecular flexibility index (Phi) is 6.38. The van der Waals surface area contributed by atoms with Gasteiger partial charge in [-0.15, -0.1) is 0 Å². The Balaban J connectivity index is 1.55. The van der Waals surface area contributed by atoms with Gasteiger partial charge in [-0.1, -0.05) is 30.3 Å². The smallest absolute Gasteiger partial charge is 0.00161 e. The number of piperidine rings is 1. The van der Waals surface area contributed by atoms with E-state index in [0.29, 0.717) is 0 Å². The Hall–Kier alpha value is -0.860. The molecule has 0 unspecified atom stereocenters. The summed E-state index contributed by atoms with van der Waals surface area (Å²) in [6.07, 6.45) is 7.81. The van der Waals surface area contributed by atoms with Gasteiger partial charge < -0.3 is 10.6 Å². The normalized spacial score (nSPS) is 17.7. The summed E-state index contributed by atoms with van der Waals surface area (Å²) in [7, 11) is 0. The van der Waals surface area contributed by atoms with Gasteiger partial charge in [-0.2, -0.15) is 0 Å². The van der Waals surface area contributed by atoms with E-state index in [1.54, 1.807) is 0 Å². The lowest BCUT2D eigenvalue weighted by molar-refractivity contribution is 0.178. The van der Waals surface area contributed by atoms with Gasteiger partial charge >= 0.3 is 0 Å². The molecular weight excluding hydrogens is 232 g/mol. The van der Waals surface area contributed by atoms with Gasteiger partial charge in [0.25, 0.3) is 0 Å². The maximum atomic E-state index is 5.63. The van der Waals surface area contributed by atoms with Crippen LogP contribution in [0.1, 0.15) is 37.7 Å². The van der Waals surface area contributed by atoms with Crippen LogP contribution in [-0.2, 0) is 6.42 Å². The Labute approximate surface area is 118 Å². The summed E-state index contributed by atoms with van der Waals surface area (Å²) in [4.78, 5) is 2.64. The van der Waals surface area contributed by atoms with Crippen molar-refractivity contribution in [2.45, 2.75) is 38.5 Å². The Morgan fingerprint density at radius 1 is 1.05 bits per heavy atom. The summed E-state index contributed by atoms with van der Waals surface area (Å²) in [6.45, 7) is 4.72. The fourth-order valence-corrected chi connectivity index (χ4v) is 3.04. The molecule has 2 N–H and O–H groups in total. The van der Waals surface area contributed by atoms with Crippen LogP contribution >= 0.6 is 0 Å². The Bertz CT molecular complexity index is 328. The Morgan fingerprint density at radius 3 is 2.47 bits per heavy atom. The molecule has 1 aromatic carbocycles. The third-order valence-electron chi connectivity index (χ3n) is 4.31. The Morgan fingerprint density at radius 2 is 1.79 bits per heavy atom. The lowest BCUT2D eigenvalue weighted by Crippen LogP contribution is -2.35. The average Bonchev–Trinajstić information content (AvgIpc) is 2.47. The third-order valence-corrected chi connectivity index (χ3v) is 4.31. The van der Waals surface area contributed by atoms with Crippen LogP contribution in [-0.4, -0.2) is 31.1 Å². The van der Waals surface area contributed by atoms with Gasteiger partial charge in [0, 0.05) is 0 Å². The summed E-state index contributed by atoms with van der Waals surface area (Å²) in [5.74, 6) is 0.894. The van der Waals surface area contributed by atoms with E-state index in [4.69, 9.17) is 5.73 Å². The van der Waals surface area contributed by atoms with E-state index in [1.807, 2.05) is 0 Å². The fraction of sp³-hybridized carbons (Fsp3) is 0.647. The van der Waals surface area contributed by atoms with Crippen molar-refractivity contribution >= 4 is 0 Å². The number of rotatable bonds is 7. The van der Waals surface area contributed by atoms with E-state index in [1.165, 1.54) is 63.7 Å². The highest BCUT2D eigenvalue weighted by molar-refractivity contribution is 5.14. The van der Waals surface area contributed by atoms with Crippen LogP contribution < -0.4 is 5.73 Å². The first-order chi connectivity index (χ1) is 9.38. The quantitative estimate of drug-likeness (QED) is 0.763. The van der Waals surface area contributed by atoms with Crippen molar-refractivity contribution < 1.29 is 0 Å². The monoisotopic (exact) mass is 260 g/mol. The molecule has 19 heavy (non-hydrogen) atoms. The van der Waals surface area contributed by atoms with Crippen LogP contribution in [0.3, 0.4) is 0 Å². The van der Waals surface area contributed by atoms with Crippen molar-refractivity contribution in [1.29, 1.82) is 0 Å². The third kappa shape index (κ3) is 5.33. The number of likely N-dealkylation sites (tertiary alicyclic amines) is 1. The summed E-state index contributed by atoms with van der Waals surface area (Å²) < 4.78 is 0. The minimum atomic E-state index is 0.863. The average molecular weight is 260 g/mol. The highest BCUT2D eigenvalue weighted by Gasteiger charge is 2.17. The second-order valence-electron chi connectivity index (χ2n) is 5.81. The summed E-state index contributed by atoms with van der Waals surface area (Å²) in [6, 6.07) is 10.8. The summed E-state index contributed by atoms with van der Waals surface area (Å²) >= 11 is 0. The van der Waals surface area contributed by atoms with Crippen LogP contribution in [0.25, 0.3) is 0 Å². The predicted octanol–water partition coefficient (Wildman–Crippen LogP) is 3.07. The largest absolute Gasteiger partial charge is 0.330 e. The zero-order chi connectivity index (χ0) is 13.3. The fourth-order valence-electron chi connectivity index (χ4n) is 3.04. The van der Waals surface area contributed by atoms with Crippen LogP contribution in [0.4, 0.5) is 0 Å². The van der Waals surface area contributed by atoms with Crippen LogP contribution in [0, 0.1) is 5.92 Å². The number of hydrogen-bond acceptors (Lipinski definition) is 2. The molecule has 1 aliphatic rings. The summed E-state index contributed by atoms with van der Waals surface area (Å²) in [5.41, 5.74) is 7.11. The molecule has 1 heterocycles. The zero-order valence-electron chi connectivity index (χ0n) is 12.1. The minimum Gasteiger partial charge on any atom is -0.330 e. The van der Waals surface area contributed by atoms with Gasteiger partial charge in [0.15, 0.2) is 0 Å². The van der Waals surface area contributed by atoms with Gasteiger partial charge in [-0.3, -0.25) is 0 Å². The number of aryl methyl sites for hydroxylation is 1. The topological polar surface area (TPSA) is 29.3 Å². The molecule has 0 spiro atoms. The molecule has 0 saturated carbocycles. The van der Waals surface area contributed by atoms with Gasteiger partial charge in [0.1, 0.15) is 0 Å². The van der Waals surface area contributed by atoms with Crippen molar-refractivity contribution in [3.05, 3.63) is 35.9 Å². The van der Waals surface area contributed by atoms with Gasteiger partial charge in [-0.25, -0.2) is 0 Å². The summed E-state index contributed by atoms with van der Waals surface area (Å²) in [5, 5.41) is 0. The number of hydrogen-bond donors (Lipinski definition) is 1. The lowest BCUT2D eigenvalue weighted by Gasteiger charge is -2.31. The zero-order valence-corrected chi connectivity index (χ0v) is 12.1. The van der Waals surface area contributed by atoms with E-state index in [0.717, 1.165) is 12.5 Å². The molecule has 2 nitrogen and oxygen atoms in total. The minimum absolute atomic E-state index is 0.863. The van der Waals surface area contributed by atoms with Gasteiger partial charge in [-0.05, 0) is 76.2 Å². The van der Waals surface area contributed by atoms with Crippen LogP contribution in [0.15, 0.2) is 30.3 Å². The van der Waals surface area contributed by atoms with Crippen molar-refractivity contribution in [3.8, 4) is 0 Å². The maximum absolute atomic E-state index is 5.63. The predicted molar refractivity (Wildman–Crippen MR) is 82.2 cm³/mol. The SMILES string of the molecule is NCCC1CCN(CCCCc2ccccc2)CC1. The molecule has 0 aromatic heterocycles. The number of unbranched alkanes of at least 4 members (excludes halogenated alkanes) is 1. The van der Waals surface area contributed by atoms with E-state index in [9.17, 15) is 0 Å². The molecule has 0 amide bonds. The van der Waals surface area contributed by atoms with Crippen molar-refractivity contribution in [2.24, 2.45) is 11.7 Å². The second-order valence-corrected chi connectivity index (χ2v) is 5.81. The molecule has 1 saturated heterocycles. The molecule has 1 aromatic rings. The molecular formula is C17H28N2. The molecule has 0 atom stereocenters. The highest BCUT2D eigenvalue weighted by Crippen LogP contribution is 2.20. The standard InChI is InChI=1S/C17H28N2/c18-12-9-17-10-14-19(15-11-17)13-5-4-8-16-6-2-1-3-7-16/h1-3,6-7,17H,4-5,8-15,18H2. The van der Waals surface area contributed by atoms with E-state index in [-0.39, 0.29) is 0 Å². The second kappa shape index (κ2) is 8.34. The number of nitrogens with zero attached hydrogens (tertiary/aromatic N) is 1. The number of nitrogens with two attached hydrogens (primary N) is 1. The molecule has 2 heteroatoms. The van der Waals surface area contributed by atoms with Crippen molar-refractivity contribution in [3.63, 3.8) is 0 Å². The molecule has 1 aliphatic heterocycles. The van der Waals surface area contributed by atoms with Crippen molar-refractivity contribution in [2.75, 3.05) is 26.2 Å². The molecule has 0 bridgehead atoms. The van der Waals surface area contributed by atoms with Crippen LogP contribution in [0.2, 0.25) is 0 Å². The molecule has 0 aliphatic carbocycles. The molecule has 0 radical (unpaired) electrons. The first kappa shape index (κ1) is 14.5. The van der Waals surface area contributed by atoms with Gasteiger partial charge in [0.05, 0.1) is 0 Å². The highest BCUT2D eigenvalue weighted by atomic mass is 15.1. The molecule has 2 rings (SSSR count). The van der Waals surface area contributed by atoms with E-state index < -0.39 is 0 Å². The van der Waals surface area contributed by atoms with E-state index in [2.05, 4.69) is 35.2 Å². The van der Waals surface area contributed by atoms with Gasteiger partial charge in [0.2, 0.25) is 0 Å². The lowest BCUT2D eigenvalue weighted by atomic mass is 9.93. The van der Waals surface area contributed by atoms with Crippen molar-refractivity contribution in [1.82, 2.24) is 4.90 Å². The number of benzene rings is 1. The first-order valence-corrected chi connectivity index (χ1v) is 7.85.